The second-order valence-corrected chi connectivity index (χ2v) is 5.42. The van der Waals surface area contributed by atoms with E-state index in [1.807, 2.05) is 0 Å². The van der Waals surface area contributed by atoms with Gasteiger partial charge in [0.15, 0.2) is 0 Å². The Morgan fingerprint density at radius 1 is 1.44 bits per heavy atom. The van der Waals surface area contributed by atoms with E-state index in [0.29, 0.717) is 19.6 Å². The molecule has 0 aliphatic carbocycles. The van der Waals surface area contributed by atoms with Gasteiger partial charge in [0.05, 0.1) is 19.0 Å². The second-order valence-electron chi connectivity index (χ2n) is 3.37. The maximum absolute atomic E-state index is 11.8. The van der Waals surface area contributed by atoms with Crippen molar-refractivity contribution < 1.29 is 13.2 Å². The fourth-order valence-corrected chi connectivity index (χ4v) is 2.60. The van der Waals surface area contributed by atoms with Crippen LogP contribution >= 0.6 is 11.6 Å². The highest BCUT2D eigenvalue weighted by Gasteiger charge is 2.23. The summed E-state index contributed by atoms with van der Waals surface area (Å²) in [5.74, 6) is 0. The Balaban J connectivity index is 2.14. The topological polar surface area (TPSA) is 81.2 Å². The SMILES string of the molecule is O=S(=O)(NC1CCOC1)c1cnc(Cl)nc1. The molecule has 1 aliphatic rings. The van der Waals surface area contributed by atoms with Crippen molar-refractivity contribution in [1.29, 1.82) is 0 Å². The fraction of sp³-hybridized carbons (Fsp3) is 0.500. The molecule has 1 aromatic heterocycles. The average molecular weight is 264 g/mol. The summed E-state index contributed by atoms with van der Waals surface area (Å²) in [6, 6.07) is -0.180. The van der Waals surface area contributed by atoms with Gasteiger partial charge in [-0.1, -0.05) is 0 Å². The zero-order valence-corrected chi connectivity index (χ0v) is 9.83. The molecule has 88 valence electrons. The van der Waals surface area contributed by atoms with Gasteiger partial charge in [-0.3, -0.25) is 0 Å². The molecular weight excluding hydrogens is 254 g/mol. The van der Waals surface area contributed by atoms with E-state index in [1.165, 1.54) is 12.4 Å². The van der Waals surface area contributed by atoms with Crippen LogP contribution in [0.1, 0.15) is 6.42 Å². The van der Waals surface area contributed by atoms with E-state index in [9.17, 15) is 8.42 Å². The summed E-state index contributed by atoms with van der Waals surface area (Å²) in [6.07, 6.45) is 3.02. The number of sulfonamides is 1. The highest BCUT2D eigenvalue weighted by Crippen LogP contribution is 2.11. The van der Waals surface area contributed by atoms with Gasteiger partial charge in [0.2, 0.25) is 15.3 Å². The van der Waals surface area contributed by atoms with E-state index in [1.54, 1.807) is 0 Å². The van der Waals surface area contributed by atoms with Gasteiger partial charge in [-0.05, 0) is 18.0 Å². The maximum Gasteiger partial charge on any atom is 0.243 e. The molecule has 1 saturated heterocycles. The Bertz CT molecular complexity index is 456. The molecule has 0 aromatic carbocycles. The van der Waals surface area contributed by atoms with Crippen LogP contribution in [0, 0.1) is 0 Å². The number of ether oxygens (including phenoxy) is 1. The molecule has 1 unspecified atom stereocenters. The minimum Gasteiger partial charge on any atom is -0.380 e. The largest absolute Gasteiger partial charge is 0.380 e. The molecule has 1 N–H and O–H groups in total. The predicted molar refractivity (Wildman–Crippen MR) is 56.6 cm³/mol. The molecule has 6 nitrogen and oxygen atoms in total. The lowest BCUT2D eigenvalue weighted by molar-refractivity contribution is 0.192. The highest BCUT2D eigenvalue weighted by atomic mass is 35.5. The van der Waals surface area contributed by atoms with E-state index in [2.05, 4.69) is 14.7 Å². The normalized spacial score (nSPS) is 21.2. The fourth-order valence-electron chi connectivity index (χ4n) is 1.35. The third-order valence-electron chi connectivity index (χ3n) is 2.16. The minimum absolute atomic E-state index is 0.00352. The van der Waals surface area contributed by atoms with Crippen LogP contribution in [0.3, 0.4) is 0 Å². The van der Waals surface area contributed by atoms with Crippen LogP contribution in [0.2, 0.25) is 5.28 Å². The Morgan fingerprint density at radius 2 is 2.12 bits per heavy atom. The first-order valence-electron chi connectivity index (χ1n) is 4.65. The van der Waals surface area contributed by atoms with E-state index in [0.717, 1.165) is 0 Å². The number of halogens is 1. The van der Waals surface area contributed by atoms with Crippen molar-refractivity contribution in [3.63, 3.8) is 0 Å². The molecule has 8 heteroatoms. The first-order valence-corrected chi connectivity index (χ1v) is 6.52. The van der Waals surface area contributed by atoms with Crippen LogP contribution in [-0.2, 0) is 14.8 Å². The lowest BCUT2D eigenvalue weighted by atomic mass is 10.3. The van der Waals surface area contributed by atoms with Crippen molar-refractivity contribution in [2.24, 2.45) is 0 Å². The van der Waals surface area contributed by atoms with Crippen molar-refractivity contribution in [2.45, 2.75) is 17.4 Å². The summed E-state index contributed by atoms with van der Waals surface area (Å²) in [4.78, 5) is 7.25. The van der Waals surface area contributed by atoms with Crippen LogP contribution in [0.25, 0.3) is 0 Å². The van der Waals surface area contributed by atoms with Crippen molar-refractivity contribution in [3.05, 3.63) is 17.7 Å². The maximum atomic E-state index is 11.8. The summed E-state index contributed by atoms with van der Waals surface area (Å²) in [5, 5.41) is 0.0168. The molecule has 16 heavy (non-hydrogen) atoms. The van der Waals surface area contributed by atoms with Crippen LogP contribution in [0.15, 0.2) is 17.3 Å². The van der Waals surface area contributed by atoms with Crippen molar-refractivity contribution in [3.8, 4) is 0 Å². The lowest BCUT2D eigenvalue weighted by Gasteiger charge is -2.10. The van der Waals surface area contributed by atoms with Gasteiger partial charge < -0.3 is 4.74 Å². The average Bonchev–Trinajstić information content (AvgIpc) is 2.70. The lowest BCUT2D eigenvalue weighted by Crippen LogP contribution is -2.35. The van der Waals surface area contributed by atoms with Crippen LogP contribution in [0.5, 0.6) is 0 Å². The van der Waals surface area contributed by atoms with Gasteiger partial charge in [-0.2, -0.15) is 0 Å². The molecule has 0 spiro atoms. The van der Waals surface area contributed by atoms with Crippen molar-refractivity contribution >= 4 is 21.6 Å². The van der Waals surface area contributed by atoms with E-state index in [4.69, 9.17) is 16.3 Å². The zero-order valence-electron chi connectivity index (χ0n) is 8.26. The number of rotatable bonds is 3. The van der Waals surface area contributed by atoms with Gasteiger partial charge in [0, 0.05) is 12.6 Å². The summed E-state index contributed by atoms with van der Waals surface area (Å²) in [7, 11) is -3.57. The van der Waals surface area contributed by atoms with Gasteiger partial charge in [-0.15, -0.1) is 0 Å². The monoisotopic (exact) mass is 263 g/mol. The molecule has 0 amide bonds. The molecule has 1 aromatic rings. The number of hydrogen-bond acceptors (Lipinski definition) is 5. The number of nitrogens with one attached hydrogen (secondary N) is 1. The standard InChI is InChI=1S/C8H10ClN3O3S/c9-8-10-3-7(4-11-8)16(13,14)12-6-1-2-15-5-6/h3-4,6,12H,1-2,5H2. The first kappa shape index (κ1) is 11.7. The Morgan fingerprint density at radius 3 is 2.69 bits per heavy atom. The molecule has 1 aliphatic heterocycles. The molecule has 2 heterocycles. The third kappa shape index (κ3) is 2.67. The summed E-state index contributed by atoms with van der Waals surface area (Å²) in [5.41, 5.74) is 0. The molecule has 0 bridgehead atoms. The quantitative estimate of drug-likeness (QED) is 0.788. The van der Waals surface area contributed by atoms with Gasteiger partial charge in [0.1, 0.15) is 4.90 Å². The number of hydrogen-bond donors (Lipinski definition) is 1. The second kappa shape index (κ2) is 4.62. The van der Waals surface area contributed by atoms with Crippen molar-refractivity contribution in [1.82, 2.24) is 14.7 Å². The zero-order chi connectivity index (χ0) is 11.6. The summed E-state index contributed by atoms with van der Waals surface area (Å²) >= 11 is 5.47. The summed E-state index contributed by atoms with van der Waals surface area (Å²) in [6.45, 7) is 0.970. The van der Waals surface area contributed by atoms with E-state index in [-0.39, 0.29) is 16.2 Å². The molecule has 1 fully saturated rings. The van der Waals surface area contributed by atoms with Crippen LogP contribution in [0.4, 0.5) is 0 Å². The molecule has 0 saturated carbocycles. The third-order valence-corrected chi connectivity index (χ3v) is 3.83. The van der Waals surface area contributed by atoms with Gasteiger partial charge >= 0.3 is 0 Å². The number of aromatic nitrogens is 2. The Kier molecular flexibility index (Phi) is 3.38. The highest BCUT2D eigenvalue weighted by molar-refractivity contribution is 7.89. The van der Waals surface area contributed by atoms with E-state index >= 15 is 0 Å². The van der Waals surface area contributed by atoms with E-state index < -0.39 is 10.0 Å². The first-order chi connectivity index (χ1) is 7.58. The molecular formula is C8H10ClN3O3S. The molecule has 0 radical (unpaired) electrons. The van der Waals surface area contributed by atoms with Gasteiger partial charge in [-0.25, -0.2) is 23.1 Å². The Labute approximate surface area is 98.1 Å². The molecule has 1 atom stereocenters. The predicted octanol–water partition coefficient (Wildman–Crippen LogP) is 0.197. The Hall–Kier alpha value is -0.760. The van der Waals surface area contributed by atoms with Crippen LogP contribution < -0.4 is 4.72 Å². The smallest absolute Gasteiger partial charge is 0.243 e. The minimum atomic E-state index is -3.57. The number of nitrogens with zero attached hydrogens (tertiary/aromatic N) is 2. The van der Waals surface area contributed by atoms with Crippen LogP contribution in [-0.4, -0.2) is 37.6 Å². The van der Waals surface area contributed by atoms with Crippen molar-refractivity contribution in [2.75, 3.05) is 13.2 Å². The molecule has 2 rings (SSSR count). The summed E-state index contributed by atoms with van der Waals surface area (Å²) < 4.78 is 31.2. The van der Waals surface area contributed by atoms with Gasteiger partial charge in [0.25, 0.3) is 0 Å².